The highest BCUT2D eigenvalue weighted by atomic mass is 32.1. The third-order valence-corrected chi connectivity index (χ3v) is 4.51. The minimum atomic E-state index is -0.782. The van der Waals surface area contributed by atoms with E-state index >= 15 is 0 Å². The molecular formula is C14H13N3O2S. The summed E-state index contributed by atoms with van der Waals surface area (Å²) in [5.41, 5.74) is 6.14. The quantitative estimate of drug-likeness (QED) is 0.679. The maximum Gasteiger partial charge on any atom is 0.262 e. The highest BCUT2D eigenvalue weighted by molar-refractivity contribution is 7.09. The number of nitrogen functional groups attached to an aromatic ring is 1. The first-order chi connectivity index (χ1) is 9.43. The Hall–Kier alpha value is -2.21. The number of thiazole rings is 1. The summed E-state index contributed by atoms with van der Waals surface area (Å²) in [6.45, 7) is 3.63. The number of amides is 2. The fourth-order valence-corrected chi connectivity index (χ4v) is 3.14. The van der Waals surface area contributed by atoms with E-state index in [2.05, 4.69) is 4.98 Å². The van der Waals surface area contributed by atoms with E-state index in [0.29, 0.717) is 16.8 Å². The summed E-state index contributed by atoms with van der Waals surface area (Å²) in [5, 5.41) is 2.55. The summed E-state index contributed by atoms with van der Waals surface area (Å²) in [6, 6.07) is 4.78. The Morgan fingerprint density at radius 1 is 1.20 bits per heavy atom. The number of rotatable bonds is 2. The maximum absolute atomic E-state index is 12.5. The smallest absolute Gasteiger partial charge is 0.262 e. The number of aromatic nitrogens is 1. The van der Waals surface area contributed by atoms with Crippen LogP contribution in [0.2, 0.25) is 0 Å². The van der Waals surface area contributed by atoms with E-state index in [1.807, 2.05) is 19.2 Å². The summed E-state index contributed by atoms with van der Waals surface area (Å²) in [4.78, 5) is 30.5. The molecular weight excluding hydrogens is 274 g/mol. The molecule has 0 radical (unpaired) electrons. The molecule has 1 aliphatic heterocycles. The van der Waals surface area contributed by atoms with Crippen molar-refractivity contribution in [1.29, 1.82) is 0 Å². The zero-order valence-electron chi connectivity index (χ0n) is 11.1. The van der Waals surface area contributed by atoms with Crippen LogP contribution in [0, 0.1) is 0 Å². The van der Waals surface area contributed by atoms with Crippen molar-refractivity contribution in [3.8, 4) is 0 Å². The van der Waals surface area contributed by atoms with E-state index in [1.54, 1.807) is 24.4 Å². The van der Waals surface area contributed by atoms with Crippen molar-refractivity contribution in [2.24, 2.45) is 0 Å². The number of benzene rings is 1. The standard InChI is InChI=1S/C14H13N3O2S/c1-14(2,13-16-5-6-20-13)17-11(18)9-4-3-8(15)7-10(9)12(17)19/h3-7H,15H2,1-2H3. The van der Waals surface area contributed by atoms with Gasteiger partial charge in [-0.2, -0.15) is 0 Å². The third-order valence-electron chi connectivity index (χ3n) is 3.43. The van der Waals surface area contributed by atoms with Gasteiger partial charge in [0.2, 0.25) is 0 Å². The largest absolute Gasteiger partial charge is 0.399 e. The van der Waals surface area contributed by atoms with Gasteiger partial charge in [-0.3, -0.25) is 14.5 Å². The molecule has 2 N–H and O–H groups in total. The van der Waals surface area contributed by atoms with Crippen LogP contribution in [0.3, 0.4) is 0 Å². The molecule has 0 unspecified atom stereocenters. The number of imide groups is 1. The highest BCUT2D eigenvalue weighted by Crippen LogP contribution is 2.36. The molecule has 20 heavy (non-hydrogen) atoms. The van der Waals surface area contributed by atoms with Gasteiger partial charge < -0.3 is 5.73 Å². The molecule has 0 spiro atoms. The van der Waals surface area contributed by atoms with Crippen molar-refractivity contribution in [2.75, 3.05) is 5.73 Å². The second-order valence-corrected chi connectivity index (χ2v) is 6.04. The van der Waals surface area contributed by atoms with Crippen LogP contribution < -0.4 is 5.73 Å². The molecule has 3 rings (SSSR count). The van der Waals surface area contributed by atoms with Gasteiger partial charge in [0.1, 0.15) is 5.01 Å². The Kier molecular flexibility index (Phi) is 2.65. The average Bonchev–Trinajstić information content (AvgIpc) is 2.99. The van der Waals surface area contributed by atoms with E-state index < -0.39 is 5.54 Å². The van der Waals surface area contributed by atoms with Gasteiger partial charge in [0.25, 0.3) is 11.8 Å². The molecule has 2 amide bonds. The second-order valence-electron chi connectivity index (χ2n) is 5.15. The van der Waals surface area contributed by atoms with Gasteiger partial charge in [-0.25, -0.2) is 4.98 Å². The van der Waals surface area contributed by atoms with Gasteiger partial charge in [-0.1, -0.05) is 0 Å². The van der Waals surface area contributed by atoms with Crippen LogP contribution >= 0.6 is 11.3 Å². The van der Waals surface area contributed by atoms with Crippen LogP contribution in [-0.2, 0) is 5.54 Å². The minimum absolute atomic E-state index is 0.301. The van der Waals surface area contributed by atoms with Gasteiger partial charge in [-0.05, 0) is 32.0 Å². The molecule has 1 aliphatic rings. The molecule has 2 heterocycles. The molecule has 0 aliphatic carbocycles. The third kappa shape index (κ3) is 1.65. The average molecular weight is 287 g/mol. The number of hydrogen-bond acceptors (Lipinski definition) is 5. The van der Waals surface area contributed by atoms with E-state index in [1.165, 1.54) is 16.2 Å². The van der Waals surface area contributed by atoms with Crippen molar-refractivity contribution in [1.82, 2.24) is 9.88 Å². The van der Waals surface area contributed by atoms with Gasteiger partial charge in [0.15, 0.2) is 0 Å². The summed E-state index contributed by atoms with van der Waals surface area (Å²) >= 11 is 1.42. The molecule has 1 aromatic heterocycles. The minimum Gasteiger partial charge on any atom is -0.399 e. The number of fused-ring (bicyclic) bond motifs is 1. The molecule has 5 nitrogen and oxygen atoms in total. The zero-order valence-corrected chi connectivity index (χ0v) is 11.9. The van der Waals surface area contributed by atoms with Crippen LogP contribution in [0.25, 0.3) is 0 Å². The van der Waals surface area contributed by atoms with Crippen molar-refractivity contribution in [3.63, 3.8) is 0 Å². The molecule has 2 aromatic rings. The zero-order chi connectivity index (χ0) is 14.5. The molecule has 0 bridgehead atoms. The Bertz CT molecular complexity index is 707. The van der Waals surface area contributed by atoms with Crippen LogP contribution in [-0.4, -0.2) is 21.7 Å². The summed E-state index contributed by atoms with van der Waals surface area (Å²) in [5.74, 6) is -0.622. The SMILES string of the molecule is CC(C)(c1nccs1)N1C(=O)c2ccc(N)cc2C1=O. The van der Waals surface area contributed by atoms with Gasteiger partial charge in [0.05, 0.1) is 16.7 Å². The van der Waals surface area contributed by atoms with Crippen LogP contribution in [0.15, 0.2) is 29.8 Å². The molecule has 0 saturated carbocycles. The fraction of sp³-hybridized carbons (Fsp3) is 0.214. The van der Waals surface area contributed by atoms with Crippen LogP contribution in [0.1, 0.15) is 39.6 Å². The Labute approximate surface area is 120 Å². The summed E-state index contributed by atoms with van der Waals surface area (Å²) in [7, 11) is 0. The molecule has 6 heteroatoms. The highest BCUT2D eigenvalue weighted by Gasteiger charge is 2.46. The van der Waals surface area contributed by atoms with Gasteiger partial charge in [-0.15, -0.1) is 11.3 Å². The Balaban J connectivity index is 2.10. The molecule has 0 atom stereocenters. The number of anilines is 1. The van der Waals surface area contributed by atoms with Crippen molar-refractivity contribution < 1.29 is 9.59 Å². The maximum atomic E-state index is 12.5. The lowest BCUT2D eigenvalue weighted by molar-refractivity contribution is 0.0475. The van der Waals surface area contributed by atoms with Crippen LogP contribution in [0.5, 0.6) is 0 Å². The first kappa shape index (κ1) is 12.8. The first-order valence-corrected chi connectivity index (χ1v) is 6.99. The summed E-state index contributed by atoms with van der Waals surface area (Å²) in [6.07, 6.45) is 1.66. The summed E-state index contributed by atoms with van der Waals surface area (Å²) < 4.78 is 0. The lowest BCUT2D eigenvalue weighted by Crippen LogP contribution is -2.45. The predicted octanol–water partition coefficient (Wildman–Crippen LogP) is 2.26. The van der Waals surface area contributed by atoms with Gasteiger partial charge in [0, 0.05) is 17.3 Å². The molecule has 0 saturated heterocycles. The Morgan fingerprint density at radius 3 is 2.55 bits per heavy atom. The Morgan fingerprint density at radius 2 is 1.90 bits per heavy atom. The van der Waals surface area contributed by atoms with Crippen molar-refractivity contribution in [3.05, 3.63) is 45.9 Å². The lowest BCUT2D eigenvalue weighted by Gasteiger charge is -2.31. The normalized spacial score (nSPS) is 14.8. The molecule has 0 fully saturated rings. The van der Waals surface area contributed by atoms with Gasteiger partial charge >= 0.3 is 0 Å². The number of carbonyl (C=O) groups excluding carboxylic acids is 2. The number of nitrogens with two attached hydrogens (primary N) is 1. The monoisotopic (exact) mass is 287 g/mol. The predicted molar refractivity (Wildman–Crippen MR) is 76.5 cm³/mol. The van der Waals surface area contributed by atoms with Crippen LogP contribution in [0.4, 0.5) is 5.69 Å². The number of hydrogen-bond donors (Lipinski definition) is 1. The second kappa shape index (κ2) is 4.14. The number of carbonyl (C=O) groups is 2. The van der Waals surface area contributed by atoms with E-state index in [-0.39, 0.29) is 11.8 Å². The van der Waals surface area contributed by atoms with E-state index in [9.17, 15) is 9.59 Å². The molecule has 102 valence electrons. The molecule has 1 aromatic carbocycles. The topological polar surface area (TPSA) is 76.3 Å². The number of nitrogens with zero attached hydrogens (tertiary/aromatic N) is 2. The lowest BCUT2D eigenvalue weighted by atomic mass is 10.0. The van der Waals surface area contributed by atoms with E-state index in [4.69, 9.17) is 5.73 Å². The first-order valence-electron chi connectivity index (χ1n) is 6.11. The van der Waals surface area contributed by atoms with Crippen molar-refractivity contribution >= 4 is 28.8 Å². The fourth-order valence-electron chi connectivity index (χ4n) is 2.39. The van der Waals surface area contributed by atoms with Crippen molar-refractivity contribution in [2.45, 2.75) is 19.4 Å². The van der Waals surface area contributed by atoms with E-state index in [0.717, 1.165) is 5.01 Å².